The van der Waals surface area contributed by atoms with Crippen LogP contribution in [-0.2, 0) is 11.2 Å². The molecule has 0 aliphatic rings. The van der Waals surface area contributed by atoms with Gasteiger partial charge in [-0.1, -0.05) is 12.1 Å². The first kappa shape index (κ1) is 13.8. The second kappa shape index (κ2) is 4.95. The van der Waals surface area contributed by atoms with Gasteiger partial charge in [-0.3, -0.25) is 10.1 Å². The zero-order valence-electron chi connectivity index (χ0n) is 10.0. The summed E-state index contributed by atoms with van der Waals surface area (Å²) in [6.45, 7) is 2.98. The lowest BCUT2D eigenvalue weighted by molar-refractivity contribution is -0.411. The van der Waals surface area contributed by atoms with Crippen LogP contribution in [0, 0.1) is 15.5 Å². The van der Waals surface area contributed by atoms with Crippen molar-refractivity contribution in [1.82, 2.24) is 0 Å². The van der Waals surface area contributed by atoms with E-state index in [2.05, 4.69) is 0 Å². The summed E-state index contributed by atoms with van der Waals surface area (Å²) in [6.07, 6.45) is 0.187. The monoisotopic (exact) mass is 251 g/mol. The highest BCUT2D eigenvalue weighted by molar-refractivity contribution is 5.87. The lowest BCUT2D eigenvalue weighted by Crippen LogP contribution is -2.32. The number of aromatic carboxylic acids is 1. The van der Waals surface area contributed by atoms with Gasteiger partial charge in [0.05, 0.1) is 5.56 Å². The normalized spacial score (nSPS) is 11.0. The Labute approximate surface area is 103 Å². The Hall–Kier alpha value is -2.24. The molecule has 0 atom stereocenters. The van der Waals surface area contributed by atoms with Crippen LogP contribution in [0.1, 0.15) is 29.8 Å². The van der Waals surface area contributed by atoms with Gasteiger partial charge in [0.15, 0.2) is 0 Å². The molecule has 0 unspecified atom stereocenters. The molecule has 0 aromatic heterocycles. The van der Waals surface area contributed by atoms with Gasteiger partial charge in [-0.25, -0.2) is 9.59 Å². The Kier molecular flexibility index (Phi) is 3.80. The standard InChI is InChI=1S/C12H13NO5/c1-12(2,11(16)13(17)18)7-8-3-5-9(6-4-8)10(14)15/h3-6H,7H2,1-2H3,(H,14,15). The highest BCUT2D eigenvalue weighted by atomic mass is 16.6. The third kappa shape index (κ3) is 3.13. The van der Waals surface area contributed by atoms with Gasteiger partial charge in [-0.2, -0.15) is 0 Å². The molecule has 1 amide bonds. The van der Waals surface area contributed by atoms with Crippen LogP contribution in [0.25, 0.3) is 0 Å². The number of amides is 1. The summed E-state index contributed by atoms with van der Waals surface area (Å²) in [5.74, 6) is -2.09. The van der Waals surface area contributed by atoms with Crippen molar-refractivity contribution in [3.05, 3.63) is 45.5 Å². The molecule has 0 aliphatic carbocycles. The summed E-state index contributed by atoms with van der Waals surface area (Å²) >= 11 is 0. The van der Waals surface area contributed by atoms with E-state index in [1.165, 1.54) is 26.0 Å². The molecular weight excluding hydrogens is 238 g/mol. The predicted molar refractivity (Wildman–Crippen MR) is 62.9 cm³/mol. The fraction of sp³-hybridized carbons (Fsp3) is 0.333. The Balaban J connectivity index is 2.87. The number of carbonyl (C=O) groups is 2. The minimum atomic E-state index is -1.12. The van der Waals surface area contributed by atoms with E-state index in [9.17, 15) is 19.7 Å². The van der Waals surface area contributed by atoms with Crippen LogP contribution in [0.3, 0.4) is 0 Å². The molecule has 6 heteroatoms. The Bertz CT molecular complexity index is 490. The number of rotatable bonds is 4. The average molecular weight is 251 g/mol. The van der Waals surface area contributed by atoms with Crippen molar-refractivity contribution < 1.29 is 19.6 Å². The Morgan fingerprint density at radius 3 is 2.17 bits per heavy atom. The number of nitro groups is 1. The predicted octanol–water partition coefficient (Wildman–Crippen LogP) is 1.76. The number of benzene rings is 1. The topological polar surface area (TPSA) is 97.5 Å². The zero-order chi connectivity index (χ0) is 13.9. The highest BCUT2D eigenvalue weighted by Crippen LogP contribution is 2.23. The molecule has 18 heavy (non-hydrogen) atoms. The zero-order valence-corrected chi connectivity index (χ0v) is 10.0. The second-order valence-electron chi connectivity index (χ2n) is 4.62. The molecule has 0 aliphatic heterocycles. The van der Waals surface area contributed by atoms with Crippen molar-refractivity contribution in [2.75, 3.05) is 0 Å². The van der Waals surface area contributed by atoms with Crippen LogP contribution in [0.2, 0.25) is 0 Å². The minimum Gasteiger partial charge on any atom is -0.478 e. The van der Waals surface area contributed by atoms with E-state index in [0.29, 0.717) is 5.56 Å². The van der Waals surface area contributed by atoms with Crippen LogP contribution < -0.4 is 0 Å². The smallest absolute Gasteiger partial charge is 0.450 e. The van der Waals surface area contributed by atoms with Gasteiger partial charge in [0.1, 0.15) is 10.3 Å². The number of carbonyl (C=O) groups excluding carboxylic acids is 1. The van der Waals surface area contributed by atoms with Crippen LogP contribution in [-0.4, -0.2) is 21.9 Å². The maximum Gasteiger partial charge on any atom is 0.450 e. The van der Waals surface area contributed by atoms with Crippen LogP contribution >= 0.6 is 0 Å². The van der Waals surface area contributed by atoms with Gasteiger partial charge in [0.25, 0.3) is 0 Å². The van der Waals surface area contributed by atoms with Gasteiger partial charge in [0, 0.05) is 0 Å². The molecule has 96 valence electrons. The first-order chi connectivity index (χ1) is 8.24. The summed E-state index contributed by atoms with van der Waals surface area (Å²) in [4.78, 5) is 31.5. The number of nitrogens with zero attached hydrogens (tertiary/aromatic N) is 1. The molecule has 1 aromatic carbocycles. The van der Waals surface area contributed by atoms with E-state index < -0.39 is 22.2 Å². The fourth-order valence-electron chi connectivity index (χ4n) is 1.60. The van der Waals surface area contributed by atoms with Gasteiger partial charge >= 0.3 is 11.9 Å². The van der Waals surface area contributed by atoms with Crippen LogP contribution in [0.4, 0.5) is 0 Å². The molecule has 1 N–H and O–H groups in total. The average Bonchev–Trinajstić information content (AvgIpc) is 2.28. The van der Waals surface area contributed by atoms with Crippen molar-refractivity contribution in [1.29, 1.82) is 0 Å². The summed E-state index contributed by atoms with van der Waals surface area (Å²) in [7, 11) is 0. The van der Waals surface area contributed by atoms with E-state index in [-0.39, 0.29) is 12.0 Å². The quantitative estimate of drug-likeness (QED) is 0.649. The molecule has 0 radical (unpaired) electrons. The van der Waals surface area contributed by atoms with E-state index >= 15 is 0 Å². The lowest BCUT2D eigenvalue weighted by Gasteiger charge is -2.16. The van der Waals surface area contributed by atoms with Crippen molar-refractivity contribution >= 4 is 11.9 Å². The molecule has 0 saturated heterocycles. The van der Waals surface area contributed by atoms with Crippen molar-refractivity contribution in [2.24, 2.45) is 5.41 Å². The molecule has 0 spiro atoms. The first-order valence-corrected chi connectivity index (χ1v) is 5.25. The molecule has 0 bridgehead atoms. The minimum absolute atomic E-state index is 0.136. The molecular formula is C12H13NO5. The summed E-state index contributed by atoms with van der Waals surface area (Å²) < 4.78 is 0. The van der Waals surface area contributed by atoms with E-state index in [4.69, 9.17) is 5.11 Å². The van der Waals surface area contributed by atoms with Crippen LogP contribution in [0.5, 0.6) is 0 Å². The summed E-state index contributed by atoms with van der Waals surface area (Å²) in [5.41, 5.74) is -0.300. The van der Waals surface area contributed by atoms with Gasteiger partial charge in [-0.05, 0) is 38.0 Å². The number of hydrogen-bond acceptors (Lipinski definition) is 4. The van der Waals surface area contributed by atoms with E-state index in [1.54, 1.807) is 12.1 Å². The maximum absolute atomic E-state index is 11.4. The SMILES string of the molecule is CC(C)(Cc1ccc(C(=O)O)cc1)C(=O)[N+](=O)[O-]. The van der Waals surface area contributed by atoms with E-state index in [1.807, 2.05) is 0 Å². The van der Waals surface area contributed by atoms with Crippen LogP contribution in [0.15, 0.2) is 24.3 Å². The summed E-state index contributed by atoms with van der Waals surface area (Å²) in [5, 5.41) is 19.2. The molecule has 0 heterocycles. The Morgan fingerprint density at radius 1 is 1.28 bits per heavy atom. The van der Waals surface area contributed by atoms with Gasteiger partial charge < -0.3 is 5.11 Å². The Morgan fingerprint density at radius 2 is 1.78 bits per heavy atom. The molecule has 0 fully saturated rings. The van der Waals surface area contributed by atoms with Gasteiger partial charge in [-0.15, -0.1) is 0 Å². The molecule has 1 rings (SSSR count). The third-order valence-electron chi connectivity index (χ3n) is 2.59. The van der Waals surface area contributed by atoms with Gasteiger partial charge in [0.2, 0.25) is 0 Å². The number of carboxylic acid groups (broad SMARTS) is 1. The highest BCUT2D eigenvalue weighted by Gasteiger charge is 2.37. The van der Waals surface area contributed by atoms with E-state index in [0.717, 1.165) is 0 Å². The van der Waals surface area contributed by atoms with Crippen molar-refractivity contribution in [2.45, 2.75) is 20.3 Å². The molecule has 0 saturated carbocycles. The second-order valence-corrected chi connectivity index (χ2v) is 4.62. The molecule has 1 aromatic rings. The number of carboxylic acids is 1. The molecule has 6 nitrogen and oxygen atoms in total. The first-order valence-electron chi connectivity index (χ1n) is 5.25. The maximum atomic E-state index is 11.4. The largest absolute Gasteiger partial charge is 0.478 e. The number of hydrogen-bond donors (Lipinski definition) is 1. The summed E-state index contributed by atoms with van der Waals surface area (Å²) in [6, 6.07) is 5.92. The van der Waals surface area contributed by atoms with Crippen molar-refractivity contribution in [3.8, 4) is 0 Å². The fourth-order valence-corrected chi connectivity index (χ4v) is 1.60. The third-order valence-corrected chi connectivity index (χ3v) is 2.59. The van der Waals surface area contributed by atoms with Crippen molar-refractivity contribution in [3.63, 3.8) is 0 Å². The lowest BCUT2D eigenvalue weighted by atomic mass is 9.85.